The summed E-state index contributed by atoms with van der Waals surface area (Å²) in [7, 11) is 0. The van der Waals surface area contributed by atoms with E-state index in [4.69, 9.17) is 11.5 Å². The minimum absolute atomic E-state index is 0.0257. The molecule has 0 fully saturated rings. The molecule has 20 nitrogen and oxygen atoms in total. The number of nitrogens with one attached hydrogen (secondary N) is 8. The topological polar surface area (TPSA) is 322 Å². The Bertz CT molecular complexity index is 1370. The van der Waals surface area contributed by atoms with Gasteiger partial charge in [0.2, 0.25) is 47.3 Å². The lowest BCUT2D eigenvalue weighted by Crippen LogP contribution is -2.59. The van der Waals surface area contributed by atoms with Crippen LogP contribution in [0.5, 0.6) is 0 Å². The highest BCUT2D eigenvalue weighted by molar-refractivity contribution is 7.98. The molecule has 21 heteroatoms. The van der Waals surface area contributed by atoms with Crippen molar-refractivity contribution < 1.29 is 48.3 Å². The summed E-state index contributed by atoms with van der Waals surface area (Å²) in [5.41, 5.74) is 11.2. The zero-order valence-corrected chi connectivity index (χ0v) is 34.7. The maximum absolute atomic E-state index is 13.3. The second-order valence-corrected chi connectivity index (χ2v) is 15.1. The van der Waals surface area contributed by atoms with Crippen molar-refractivity contribution in [1.29, 1.82) is 0 Å². The highest BCUT2D eigenvalue weighted by Crippen LogP contribution is 2.07. The van der Waals surface area contributed by atoms with Gasteiger partial charge in [0.15, 0.2) is 0 Å². The fraction of sp³-hybridized carbons (Fsp3) is 0.743. The third-order valence-corrected chi connectivity index (χ3v) is 8.96. The van der Waals surface area contributed by atoms with Gasteiger partial charge >= 0.3 is 5.97 Å². The SMILES string of the molecule is CSCC[C@H](NC(=O)[C@H](C)NC(=O)[C@H](C)NC(=O)[C@H](C)NC(=O)[C@H](C)NC(=O)[C@H](CCCCN)NC(=O)[C@H](C)NC(=O)[C@H](CC(C)C)NC(=O)[C@H](C)N)C(=O)O. The lowest BCUT2D eigenvalue weighted by Gasteiger charge is -2.25. The number of carbonyl (C=O) groups excluding carboxylic acids is 8. The molecule has 0 aliphatic rings. The molecule has 0 spiro atoms. The van der Waals surface area contributed by atoms with Gasteiger partial charge in [0.05, 0.1) is 6.04 Å². The Kier molecular flexibility index (Phi) is 24.3. The summed E-state index contributed by atoms with van der Waals surface area (Å²) < 4.78 is 0. The first kappa shape index (κ1) is 51.5. The zero-order valence-electron chi connectivity index (χ0n) is 33.9. The molecule has 0 aliphatic heterocycles. The molecule has 0 saturated carbocycles. The number of rotatable bonds is 26. The lowest BCUT2D eigenvalue weighted by atomic mass is 10.0. The van der Waals surface area contributed by atoms with Crippen LogP contribution in [-0.2, 0) is 43.2 Å². The number of hydrogen-bond acceptors (Lipinski definition) is 12. The molecule has 0 radical (unpaired) electrons. The smallest absolute Gasteiger partial charge is 0.326 e. The molecule has 56 heavy (non-hydrogen) atoms. The zero-order chi connectivity index (χ0) is 43.3. The average molecular weight is 817 g/mol. The van der Waals surface area contributed by atoms with E-state index >= 15 is 0 Å². The van der Waals surface area contributed by atoms with Gasteiger partial charge in [-0.15, -0.1) is 0 Å². The number of unbranched alkanes of at least 4 members (excludes halogenated alkanes) is 1. The van der Waals surface area contributed by atoms with Gasteiger partial charge in [-0.3, -0.25) is 38.4 Å². The Hall–Kier alpha value is -4.50. The number of aliphatic carboxylic acids is 1. The number of hydrogen-bond donors (Lipinski definition) is 11. The maximum Gasteiger partial charge on any atom is 0.326 e. The summed E-state index contributed by atoms with van der Waals surface area (Å²) in [5, 5.41) is 29.2. The van der Waals surface area contributed by atoms with Crippen LogP contribution in [0.15, 0.2) is 0 Å². The molecule has 13 N–H and O–H groups in total. The fourth-order valence-corrected chi connectivity index (χ4v) is 5.30. The standard InChI is InChI=1S/C35H64N10O10S/c1-17(2)16-26(45-27(46)18(3)37)34(53)42-23(8)31(50)43-24(12-10-11-14-36)33(52)41-21(6)30(49)39-19(4)28(47)38-20(5)29(48)40-22(7)32(51)44-25(35(54)55)13-15-56-9/h17-26H,10-16,36-37H2,1-9H3,(H,38,47)(H,39,49)(H,40,48)(H,41,52)(H,42,53)(H,43,50)(H,44,51)(H,45,46)(H,54,55)/t18-,19-,20-,21-,22-,23-,24-,25-,26-/m0/s1. The van der Waals surface area contributed by atoms with Crippen molar-refractivity contribution >= 4 is 65.0 Å². The predicted molar refractivity (Wildman–Crippen MR) is 210 cm³/mol. The summed E-state index contributed by atoms with van der Waals surface area (Å²) in [4.78, 5) is 114. The van der Waals surface area contributed by atoms with E-state index < -0.39 is 108 Å². The molecule has 0 bridgehead atoms. The second-order valence-electron chi connectivity index (χ2n) is 14.2. The molecule has 0 aromatic heterocycles. The van der Waals surface area contributed by atoms with Crippen molar-refractivity contribution in [1.82, 2.24) is 42.5 Å². The van der Waals surface area contributed by atoms with E-state index in [-0.39, 0.29) is 25.2 Å². The number of nitrogens with two attached hydrogens (primary N) is 2. The van der Waals surface area contributed by atoms with Gasteiger partial charge in [-0.25, -0.2) is 4.79 Å². The van der Waals surface area contributed by atoms with Crippen molar-refractivity contribution in [3.63, 3.8) is 0 Å². The van der Waals surface area contributed by atoms with E-state index in [1.807, 2.05) is 13.8 Å². The van der Waals surface area contributed by atoms with E-state index in [2.05, 4.69) is 42.5 Å². The number of carboxylic acid groups (broad SMARTS) is 1. The average Bonchev–Trinajstić information content (AvgIpc) is 3.11. The number of amides is 8. The first-order chi connectivity index (χ1) is 26.0. The van der Waals surface area contributed by atoms with Crippen molar-refractivity contribution in [2.75, 3.05) is 18.6 Å². The van der Waals surface area contributed by atoms with Gasteiger partial charge < -0.3 is 59.1 Å². The van der Waals surface area contributed by atoms with Gasteiger partial charge in [-0.1, -0.05) is 13.8 Å². The van der Waals surface area contributed by atoms with Crippen LogP contribution in [0.2, 0.25) is 0 Å². The second kappa shape index (κ2) is 26.4. The molecule has 320 valence electrons. The molecule has 9 atom stereocenters. The minimum atomic E-state index is -1.21. The molecule has 0 heterocycles. The summed E-state index contributed by atoms with van der Waals surface area (Å²) in [5.74, 6) is -6.21. The summed E-state index contributed by atoms with van der Waals surface area (Å²) >= 11 is 1.42. The van der Waals surface area contributed by atoms with E-state index in [0.717, 1.165) is 0 Å². The van der Waals surface area contributed by atoms with E-state index in [1.54, 1.807) is 6.26 Å². The molecule has 0 saturated heterocycles. The van der Waals surface area contributed by atoms with Crippen LogP contribution in [0.25, 0.3) is 0 Å². The van der Waals surface area contributed by atoms with E-state index in [0.29, 0.717) is 25.1 Å². The summed E-state index contributed by atoms with van der Waals surface area (Å²) in [6.07, 6.45) is 3.41. The molecular formula is C35H64N10O10S. The molecule has 8 amide bonds. The first-order valence-electron chi connectivity index (χ1n) is 18.7. The van der Waals surface area contributed by atoms with Crippen molar-refractivity contribution in [2.45, 2.75) is 142 Å². The normalized spacial score (nSPS) is 15.9. The Morgan fingerprint density at radius 2 is 0.857 bits per heavy atom. The lowest BCUT2D eigenvalue weighted by molar-refractivity contribution is -0.142. The first-order valence-corrected chi connectivity index (χ1v) is 20.1. The minimum Gasteiger partial charge on any atom is -0.480 e. The van der Waals surface area contributed by atoms with Gasteiger partial charge in [0, 0.05) is 0 Å². The Morgan fingerprint density at radius 3 is 1.21 bits per heavy atom. The van der Waals surface area contributed by atoms with Crippen molar-refractivity contribution in [2.24, 2.45) is 17.4 Å². The highest BCUT2D eigenvalue weighted by Gasteiger charge is 2.31. The Morgan fingerprint density at radius 1 is 0.500 bits per heavy atom. The summed E-state index contributed by atoms with van der Waals surface area (Å²) in [6, 6.07) is -9.80. The molecule has 0 unspecified atom stereocenters. The highest BCUT2D eigenvalue weighted by atomic mass is 32.2. The molecule has 0 aromatic rings. The van der Waals surface area contributed by atoms with Crippen molar-refractivity contribution in [3.8, 4) is 0 Å². The largest absolute Gasteiger partial charge is 0.480 e. The van der Waals surface area contributed by atoms with Crippen LogP contribution < -0.4 is 54.0 Å². The van der Waals surface area contributed by atoms with Crippen LogP contribution in [0.4, 0.5) is 0 Å². The van der Waals surface area contributed by atoms with Crippen LogP contribution in [0.1, 0.15) is 87.5 Å². The number of carbonyl (C=O) groups is 9. The Balaban J connectivity index is 5.35. The molecule has 0 rings (SSSR count). The van der Waals surface area contributed by atoms with E-state index in [9.17, 15) is 48.3 Å². The predicted octanol–water partition coefficient (Wildman–Crippen LogP) is -2.68. The van der Waals surface area contributed by atoms with Crippen molar-refractivity contribution in [3.05, 3.63) is 0 Å². The van der Waals surface area contributed by atoms with E-state index in [1.165, 1.54) is 53.3 Å². The number of thioether (sulfide) groups is 1. The van der Waals surface area contributed by atoms with Crippen LogP contribution >= 0.6 is 11.8 Å². The molecular weight excluding hydrogens is 753 g/mol. The van der Waals surface area contributed by atoms with Crippen LogP contribution in [-0.4, -0.2) is 131 Å². The molecule has 0 aromatic carbocycles. The Labute approximate surface area is 333 Å². The summed E-state index contributed by atoms with van der Waals surface area (Å²) in [6.45, 7) is 12.4. The van der Waals surface area contributed by atoms with Crippen LogP contribution in [0, 0.1) is 5.92 Å². The van der Waals surface area contributed by atoms with Gasteiger partial charge in [0.1, 0.15) is 48.3 Å². The third-order valence-electron chi connectivity index (χ3n) is 8.32. The third kappa shape index (κ3) is 19.9. The quantitative estimate of drug-likeness (QED) is 0.0398. The van der Waals surface area contributed by atoms with Gasteiger partial charge in [-0.05, 0) is 98.1 Å². The van der Waals surface area contributed by atoms with Gasteiger partial charge in [-0.2, -0.15) is 11.8 Å². The van der Waals surface area contributed by atoms with Gasteiger partial charge in [0.25, 0.3) is 0 Å². The maximum atomic E-state index is 13.3. The fourth-order valence-electron chi connectivity index (χ4n) is 4.83. The number of carboxylic acids is 1. The van der Waals surface area contributed by atoms with Crippen LogP contribution in [0.3, 0.4) is 0 Å². The molecule has 0 aliphatic carbocycles. The monoisotopic (exact) mass is 816 g/mol.